The Hall–Kier alpha value is -1.57. The molecule has 2 aromatic rings. The van der Waals surface area contributed by atoms with Gasteiger partial charge in [0.05, 0.1) is 6.54 Å². The summed E-state index contributed by atoms with van der Waals surface area (Å²) in [6.45, 7) is 5.11. The van der Waals surface area contributed by atoms with Gasteiger partial charge in [-0.25, -0.2) is 0 Å². The van der Waals surface area contributed by atoms with Crippen LogP contribution in [0.2, 0.25) is 0 Å². The van der Waals surface area contributed by atoms with Crippen molar-refractivity contribution in [2.45, 2.75) is 26.8 Å². The molecule has 0 atom stereocenters. The number of nitrogens with zero attached hydrogens (tertiary/aromatic N) is 2. The quantitative estimate of drug-likeness (QED) is 0.730. The van der Waals surface area contributed by atoms with E-state index < -0.39 is 0 Å². The third-order valence-corrected chi connectivity index (χ3v) is 1.75. The highest BCUT2D eigenvalue weighted by Gasteiger charge is 1.91. The Kier molecular flexibility index (Phi) is 5.23. The Morgan fingerprint density at radius 2 is 1.73 bits per heavy atom. The van der Waals surface area contributed by atoms with Gasteiger partial charge in [-0.2, -0.15) is 5.10 Å². The first-order valence-corrected chi connectivity index (χ1v) is 5.38. The molecule has 0 N–H and O–H groups in total. The minimum absolute atomic E-state index is 0.855. The van der Waals surface area contributed by atoms with Crippen LogP contribution in [-0.2, 0) is 6.54 Å². The molecule has 0 bridgehead atoms. The third kappa shape index (κ3) is 4.45. The van der Waals surface area contributed by atoms with E-state index in [1.54, 1.807) is 6.20 Å². The summed E-state index contributed by atoms with van der Waals surface area (Å²) < 4.78 is 1.91. The smallest absolute Gasteiger partial charge is 0.0659 e. The van der Waals surface area contributed by atoms with Crippen LogP contribution in [0.4, 0.5) is 0 Å². The fourth-order valence-corrected chi connectivity index (χ4v) is 1.16. The van der Waals surface area contributed by atoms with Gasteiger partial charge in [-0.05, 0) is 11.6 Å². The zero-order valence-corrected chi connectivity index (χ0v) is 9.43. The molecule has 0 saturated heterocycles. The first-order chi connectivity index (χ1) is 7.36. The largest absolute Gasteiger partial charge is 0.268 e. The monoisotopic (exact) mass is 202 g/mol. The summed E-state index contributed by atoms with van der Waals surface area (Å²) in [7, 11) is 0. The summed E-state index contributed by atoms with van der Waals surface area (Å²) >= 11 is 0. The lowest BCUT2D eigenvalue weighted by Gasteiger charge is -1.99. The van der Waals surface area contributed by atoms with E-state index in [0.29, 0.717) is 0 Å². The Balaban J connectivity index is 0.000000337. The van der Waals surface area contributed by atoms with E-state index in [1.165, 1.54) is 12.0 Å². The second kappa shape index (κ2) is 6.82. The summed E-state index contributed by atoms with van der Waals surface area (Å²) in [5.74, 6) is 0. The van der Waals surface area contributed by atoms with E-state index in [-0.39, 0.29) is 0 Å². The fraction of sp³-hybridized carbons (Fsp3) is 0.308. The molecule has 0 aliphatic carbocycles. The van der Waals surface area contributed by atoms with Crippen molar-refractivity contribution >= 4 is 0 Å². The molecule has 1 aromatic heterocycles. The maximum Gasteiger partial charge on any atom is 0.0659 e. The Labute approximate surface area is 91.6 Å². The van der Waals surface area contributed by atoms with Gasteiger partial charge in [0.15, 0.2) is 0 Å². The van der Waals surface area contributed by atoms with Gasteiger partial charge in [0.1, 0.15) is 0 Å². The van der Waals surface area contributed by atoms with Gasteiger partial charge >= 0.3 is 0 Å². The number of rotatable bonds is 2. The molecule has 2 heteroatoms. The third-order valence-electron chi connectivity index (χ3n) is 1.75. The zero-order chi connectivity index (χ0) is 10.9. The van der Waals surface area contributed by atoms with Crippen LogP contribution in [0.3, 0.4) is 0 Å². The predicted molar refractivity (Wildman–Crippen MR) is 63.7 cm³/mol. The van der Waals surface area contributed by atoms with Crippen molar-refractivity contribution < 1.29 is 0 Å². The van der Waals surface area contributed by atoms with Crippen molar-refractivity contribution in [3.63, 3.8) is 0 Å². The fourth-order valence-electron chi connectivity index (χ4n) is 1.16. The molecular formula is C13H18N2. The molecule has 2 nitrogen and oxygen atoms in total. The molecule has 1 heterocycles. The molecule has 0 amide bonds. The lowest BCUT2D eigenvalue weighted by molar-refractivity contribution is 0.687. The molecule has 0 radical (unpaired) electrons. The number of hydrogen-bond acceptors (Lipinski definition) is 1. The van der Waals surface area contributed by atoms with Gasteiger partial charge < -0.3 is 0 Å². The number of benzene rings is 1. The van der Waals surface area contributed by atoms with E-state index in [9.17, 15) is 0 Å². The standard InChI is InChI=1S/C10H10N2.C3H8/c1-2-5-10(6-3-1)9-12-8-4-7-11-12;1-3-2/h1-8H,9H2;3H2,1-2H3. The zero-order valence-electron chi connectivity index (χ0n) is 9.43. The average Bonchev–Trinajstić information content (AvgIpc) is 2.73. The van der Waals surface area contributed by atoms with Gasteiger partial charge in [-0.3, -0.25) is 4.68 Å². The molecular weight excluding hydrogens is 184 g/mol. The highest BCUT2D eigenvalue weighted by atomic mass is 15.3. The lowest BCUT2D eigenvalue weighted by atomic mass is 10.2. The topological polar surface area (TPSA) is 17.8 Å². The normalized spacial score (nSPS) is 9.20. The predicted octanol–water partition coefficient (Wildman–Crippen LogP) is 3.35. The van der Waals surface area contributed by atoms with Gasteiger partial charge in [0.2, 0.25) is 0 Å². The van der Waals surface area contributed by atoms with E-state index in [0.717, 1.165) is 6.54 Å². The van der Waals surface area contributed by atoms with E-state index in [1.807, 2.05) is 35.1 Å². The van der Waals surface area contributed by atoms with Crippen LogP contribution in [0.25, 0.3) is 0 Å². The second-order valence-corrected chi connectivity index (χ2v) is 3.40. The molecule has 1 aromatic carbocycles. The summed E-state index contributed by atoms with van der Waals surface area (Å²) in [5, 5.41) is 4.13. The maximum atomic E-state index is 4.13. The van der Waals surface area contributed by atoms with Crippen molar-refractivity contribution in [1.82, 2.24) is 9.78 Å². The Morgan fingerprint density at radius 3 is 2.27 bits per heavy atom. The van der Waals surface area contributed by atoms with Crippen molar-refractivity contribution in [3.05, 3.63) is 54.4 Å². The van der Waals surface area contributed by atoms with Gasteiger partial charge in [-0.15, -0.1) is 0 Å². The molecule has 0 aliphatic rings. The van der Waals surface area contributed by atoms with Gasteiger partial charge in [0, 0.05) is 12.4 Å². The molecule has 0 fully saturated rings. The first kappa shape index (κ1) is 11.5. The number of aromatic nitrogens is 2. The van der Waals surface area contributed by atoms with E-state index in [4.69, 9.17) is 0 Å². The van der Waals surface area contributed by atoms with Crippen LogP contribution in [-0.4, -0.2) is 9.78 Å². The maximum absolute atomic E-state index is 4.13. The van der Waals surface area contributed by atoms with E-state index in [2.05, 4.69) is 31.1 Å². The van der Waals surface area contributed by atoms with Crippen LogP contribution < -0.4 is 0 Å². The van der Waals surface area contributed by atoms with E-state index >= 15 is 0 Å². The summed E-state index contributed by atoms with van der Waals surface area (Å²) in [4.78, 5) is 0. The highest BCUT2D eigenvalue weighted by Crippen LogP contribution is 2.00. The van der Waals surface area contributed by atoms with Crippen molar-refractivity contribution in [3.8, 4) is 0 Å². The second-order valence-electron chi connectivity index (χ2n) is 3.40. The van der Waals surface area contributed by atoms with Crippen LogP contribution in [0.5, 0.6) is 0 Å². The molecule has 2 rings (SSSR count). The minimum Gasteiger partial charge on any atom is -0.268 e. The molecule has 15 heavy (non-hydrogen) atoms. The highest BCUT2D eigenvalue weighted by molar-refractivity contribution is 5.14. The summed E-state index contributed by atoms with van der Waals surface area (Å²) in [6.07, 6.45) is 5.01. The molecule has 0 unspecified atom stereocenters. The van der Waals surface area contributed by atoms with Crippen molar-refractivity contribution in [1.29, 1.82) is 0 Å². The molecule has 0 aliphatic heterocycles. The van der Waals surface area contributed by atoms with Crippen LogP contribution >= 0.6 is 0 Å². The lowest BCUT2D eigenvalue weighted by Crippen LogP contribution is -1.98. The van der Waals surface area contributed by atoms with Crippen molar-refractivity contribution in [2.24, 2.45) is 0 Å². The Bertz CT molecular complexity index is 338. The molecule has 0 saturated carbocycles. The van der Waals surface area contributed by atoms with Gasteiger partial charge in [-0.1, -0.05) is 50.6 Å². The SMILES string of the molecule is CCC.c1ccc(Cn2cccn2)cc1. The van der Waals surface area contributed by atoms with Gasteiger partial charge in [0.25, 0.3) is 0 Å². The van der Waals surface area contributed by atoms with Crippen LogP contribution in [0.15, 0.2) is 48.8 Å². The van der Waals surface area contributed by atoms with Crippen LogP contribution in [0, 0.1) is 0 Å². The minimum atomic E-state index is 0.855. The summed E-state index contributed by atoms with van der Waals surface area (Å²) in [5.41, 5.74) is 1.28. The first-order valence-electron chi connectivity index (χ1n) is 5.38. The molecule has 0 spiro atoms. The summed E-state index contributed by atoms with van der Waals surface area (Å²) in [6, 6.07) is 12.2. The van der Waals surface area contributed by atoms with Crippen molar-refractivity contribution in [2.75, 3.05) is 0 Å². The Morgan fingerprint density at radius 1 is 1.07 bits per heavy atom. The van der Waals surface area contributed by atoms with Crippen LogP contribution in [0.1, 0.15) is 25.8 Å². The average molecular weight is 202 g/mol. The number of hydrogen-bond donors (Lipinski definition) is 0. The molecule has 80 valence electrons.